The van der Waals surface area contributed by atoms with Gasteiger partial charge in [-0.15, -0.1) is 0 Å². The van der Waals surface area contributed by atoms with Crippen LogP contribution in [0.15, 0.2) is 24.4 Å². The normalized spacial score (nSPS) is 25.8. The predicted molar refractivity (Wildman–Crippen MR) is 114 cm³/mol. The summed E-state index contributed by atoms with van der Waals surface area (Å²) in [6.45, 7) is 1.94. The van der Waals surface area contributed by atoms with E-state index in [0.717, 1.165) is 12.1 Å². The van der Waals surface area contributed by atoms with E-state index in [1.807, 2.05) is 4.57 Å². The molecule has 1 saturated heterocycles. The number of Topliss-reactive ketones (excluding diaryl/α,β-unsaturated/α-hetero) is 1. The summed E-state index contributed by atoms with van der Waals surface area (Å²) in [5, 5.41) is 15.6. The average molecular weight is 480 g/mol. The lowest BCUT2D eigenvalue weighted by molar-refractivity contribution is -0.130. The molecule has 3 N–H and O–H groups in total. The Morgan fingerprint density at radius 2 is 1.97 bits per heavy atom. The molecule has 3 aliphatic heterocycles. The molecule has 4 atom stereocenters. The molecule has 2 amide bonds. The van der Waals surface area contributed by atoms with E-state index in [0.29, 0.717) is 28.8 Å². The summed E-state index contributed by atoms with van der Waals surface area (Å²) >= 11 is 0. The molecule has 8 rings (SSSR count). The zero-order chi connectivity index (χ0) is 24.2. The Kier molecular flexibility index (Phi) is 3.85. The summed E-state index contributed by atoms with van der Waals surface area (Å²) in [5.41, 5.74) is 1.18. The number of hydrogen-bond acceptors (Lipinski definition) is 6. The monoisotopic (exact) mass is 480 g/mol. The number of anilines is 1. The Balaban J connectivity index is 1.21. The topological polar surface area (TPSA) is 131 Å². The van der Waals surface area contributed by atoms with E-state index in [9.17, 15) is 23.2 Å². The van der Waals surface area contributed by atoms with Crippen molar-refractivity contribution >= 4 is 23.3 Å². The van der Waals surface area contributed by atoms with Gasteiger partial charge in [0.25, 0.3) is 17.6 Å². The van der Waals surface area contributed by atoms with Crippen LogP contribution in [0, 0.1) is 30.4 Å². The molecule has 1 aromatic carbocycles. The summed E-state index contributed by atoms with van der Waals surface area (Å²) in [7, 11) is 0. The van der Waals surface area contributed by atoms with Crippen molar-refractivity contribution in [2.75, 3.05) is 18.5 Å². The van der Waals surface area contributed by atoms with Gasteiger partial charge in [-0.3, -0.25) is 14.4 Å². The van der Waals surface area contributed by atoms with Gasteiger partial charge in [0.15, 0.2) is 11.6 Å². The number of aromatic amines is 1. The summed E-state index contributed by atoms with van der Waals surface area (Å²) in [6.07, 6.45) is 1.47. The molecule has 35 heavy (non-hydrogen) atoms. The van der Waals surface area contributed by atoms with Crippen LogP contribution in [0.1, 0.15) is 49.8 Å². The van der Waals surface area contributed by atoms with Gasteiger partial charge in [0, 0.05) is 29.4 Å². The number of aromatic nitrogens is 4. The molecular formula is C23H18F2N6O4. The SMILES string of the molecule is Cc1c(C(=O)C(=O)NC2(c3cn[nH]n3)COC2)c2n(c1C(=O)Nc1ccc(F)c(F)c1)C1C3C2[C@@H]31. The first kappa shape index (κ1) is 20.4. The Labute approximate surface area is 196 Å². The highest BCUT2D eigenvalue weighted by Gasteiger charge is 2.81. The average Bonchev–Trinajstić information content (AvgIpc) is 3.38. The molecule has 10 nitrogen and oxygen atoms in total. The Morgan fingerprint density at radius 1 is 1.20 bits per heavy atom. The number of halogens is 2. The van der Waals surface area contributed by atoms with Crippen molar-refractivity contribution in [2.24, 2.45) is 11.8 Å². The quantitative estimate of drug-likeness (QED) is 0.363. The minimum atomic E-state index is -1.08. The lowest BCUT2D eigenvalue weighted by atomic mass is 9.92. The number of rotatable bonds is 6. The molecular weight excluding hydrogens is 462 g/mol. The molecule has 0 radical (unpaired) electrons. The number of carbonyl (C=O) groups is 3. The first-order valence-corrected chi connectivity index (χ1v) is 11.1. The molecule has 2 aromatic heterocycles. The summed E-state index contributed by atoms with van der Waals surface area (Å²) in [6, 6.07) is 3.21. The predicted octanol–water partition coefficient (Wildman–Crippen LogP) is 1.57. The summed E-state index contributed by atoms with van der Waals surface area (Å²) < 4.78 is 34.0. The van der Waals surface area contributed by atoms with Gasteiger partial charge in [-0.05, 0) is 36.5 Å². The third kappa shape index (κ3) is 2.62. The van der Waals surface area contributed by atoms with E-state index < -0.39 is 34.8 Å². The van der Waals surface area contributed by atoms with Gasteiger partial charge in [0.1, 0.15) is 16.9 Å². The minimum Gasteiger partial charge on any atom is -0.376 e. The fourth-order valence-corrected chi connectivity index (χ4v) is 5.80. The van der Waals surface area contributed by atoms with Crippen LogP contribution in [-0.2, 0) is 15.1 Å². The van der Waals surface area contributed by atoms with Crippen LogP contribution >= 0.6 is 0 Å². The maximum atomic E-state index is 13.6. The third-order valence-corrected chi connectivity index (χ3v) is 7.66. The van der Waals surface area contributed by atoms with Crippen LogP contribution in [0.5, 0.6) is 0 Å². The maximum Gasteiger partial charge on any atom is 0.293 e. The molecule has 5 aliphatic rings. The second-order valence-electron chi connectivity index (χ2n) is 9.57. The molecule has 2 aliphatic carbocycles. The van der Waals surface area contributed by atoms with Gasteiger partial charge in [-0.25, -0.2) is 8.78 Å². The van der Waals surface area contributed by atoms with Crippen molar-refractivity contribution in [3.05, 3.63) is 64.2 Å². The molecule has 2 saturated carbocycles. The van der Waals surface area contributed by atoms with Crippen LogP contribution in [0.25, 0.3) is 0 Å². The number of amides is 2. The molecule has 3 unspecified atom stereocenters. The zero-order valence-corrected chi connectivity index (χ0v) is 18.3. The maximum absolute atomic E-state index is 13.6. The highest BCUT2D eigenvalue weighted by atomic mass is 19.2. The molecule has 12 heteroatoms. The Bertz CT molecular complexity index is 1450. The molecule has 0 spiro atoms. The van der Waals surface area contributed by atoms with E-state index in [-0.39, 0.29) is 42.1 Å². The van der Waals surface area contributed by atoms with E-state index in [2.05, 4.69) is 26.0 Å². The Hall–Kier alpha value is -3.93. The van der Waals surface area contributed by atoms with Crippen molar-refractivity contribution in [2.45, 2.75) is 24.4 Å². The summed E-state index contributed by atoms with van der Waals surface area (Å²) in [5.74, 6) is -3.28. The van der Waals surface area contributed by atoms with Crippen molar-refractivity contribution in [3.63, 3.8) is 0 Å². The number of nitrogens with zero attached hydrogens (tertiary/aromatic N) is 3. The van der Waals surface area contributed by atoms with Crippen molar-refractivity contribution in [1.29, 1.82) is 0 Å². The first-order valence-electron chi connectivity index (χ1n) is 11.1. The number of benzene rings is 1. The van der Waals surface area contributed by atoms with E-state index in [4.69, 9.17) is 4.74 Å². The second-order valence-corrected chi connectivity index (χ2v) is 9.57. The van der Waals surface area contributed by atoms with E-state index in [1.54, 1.807) is 6.92 Å². The lowest BCUT2D eigenvalue weighted by Crippen LogP contribution is -2.60. The largest absolute Gasteiger partial charge is 0.376 e. The molecule has 5 heterocycles. The molecule has 3 fully saturated rings. The van der Waals surface area contributed by atoms with Gasteiger partial charge in [-0.2, -0.15) is 15.4 Å². The van der Waals surface area contributed by atoms with Gasteiger partial charge in [0.2, 0.25) is 0 Å². The number of ketones is 1. The first-order chi connectivity index (χ1) is 16.8. The fourth-order valence-electron chi connectivity index (χ4n) is 5.80. The van der Waals surface area contributed by atoms with Crippen LogP contribution in [0.4, 0.5) is 14.5 Å². The van der Waals surface area contributed by atoms with Crippen LogP contribution in [0.2, 0.25) is 0 Å². The number of ether oxygens (including phenoxy) is 1. The third-order valence-electron chi connectivity index (χ3n) is 7.66. The van der Waals surface area contributed by atoms with Crippen LogP contribution < -0.4 is 10.6 Å². The van der Waals surface area contributed by atoms with Crippen molar-refractivity contribution in [1.82, 2.24) is 25.3 Å². The van der Waals surface area contributed by atoms with Gasteiger partial charge in [-0.1, -0.05) is 0 Å². The number of H-pyrrole nitrogens is 1. The number of carbonyl (C=O) groups excluding carboxylic acids is 3. The molecule has 2 bridgehead atoms. The van der Waals surface area contributed by atoms with Crippen LogP contribution in [-0.4, -0.2) is 50.8 Å². The number of hydrogen-bond donors (Lipinski definition) is 3. The van der Waals surface area contributed by atoms with Crippen molar-refractivity contribution in [3.8, 4) is 0 Å². The lowest BCUT2D eigenvalue weighted by Gasteiger charge is -2.39. The Morgan fingerprint density at radius 3 is 2.60 bits per heavy atom. The van der Waals surface area contributed by atoms with Gasteiger partial charge >= 0.3 is 0 Å². The second kappa shape index (κ2) is 6.60. The highest BCUT2D eigenvalue weighted by Crippen LogP contribution is 2.86. The van der Waals surface area contributed by atoms with Crippen LogP contribution in [0.3, 0.4) is 0 Å². The van der Waals surface area contributed by atoms with Gasteiger partial charge in [0.05, 0.1) is 25.0 Å². The zero-order valence-electron chi connectivity index (χ0n) is 18.3. The van der Waals surface area contributed by atoms with E-state index >= 15 is 0 Å². The molecule has 178 valence electrons. The standard InChI is InChI=1S/C23H18F2N6O4/c1-8-13(20(32)22(34)28-23(6-35-7-23)12-5-26-30-29-12)18-14-15-16(14)19(15)31(18)17(8)21(33)27-9-2-3-10(24)11(25)4-9/h2-5,14-16,19H,6-7H2,1H3,(H,27,33)(H,28,34)(H,26,29,30)/t14?,15-,16?,19?/m0/s1. The smallest absolute Gasteiger partial charge is 0.293 e. The highest BCUT2D eigenvalue weighted by molar-refractivity contribution is 6.44. The van der Waals surface area contributed by atoms with Crippen molar-refractivity contribution < 1.29 is 27.9 Å². The fraction of sp³-hybridized carbons (Fsp3) is 0.348. The van der Waals surface area contributed by atoms with E-state index in [1.165, 1.54) is 12.3 Å². The number of nitrogens with one attached hydrogen (secondary N) is 3. The summed E-state index contributed by atoms with van der Waals surface area (Å²) in [4.78, 5) is 39.7. The van der Waals surface area contributed by atoms with Gasteiger partial charge < -0.3 is 19.9 Å². The minimum absolute atomic E-state index is 0.0895. The molecule has 3 aromatic rings.